The zero-order valence-electron chi connectivity index (χ0n) is 16.0. The van der Waals surface area contributed by atoms with Gasteiger partial charge in [0.15, 0.2) is 11.5 Å². The molecule has 0 aliphatic carbocycles. The zero-order valence-corrected chi connectivity index (χ0v) is 16.0. The van der Waals surface area contributed by atoms with Gasteiger partial charge in [-0.15, -0.1) is 0 Å². The minimum atomic E-state index is -0.471. The highest BCUT2D eigenvalue weighted by Gasteiger charge is 2.13. The maximum Gasteiger partial charge on any atom is 0.248 e. The Kier molecular flexibility index (Phi) is 4.82. The molecule has 2 heterocycles. The maximum absolute atomic E-state index is 11.3. The van der Waals surface area contributed by atoms with Gasteiger partial charge in [0.05, 0.1) is 14.2 Å². The third-order valence-electron chi connectivity index (χ3n) is 4.51. The first-order valence-electron chi connectivity index (χ1n) is 8.90. The molecule has 0 spiro atoms. The number of aromatic nitrogens is 4. The fourth-order valence-corrected chi connectivity index (χ4v) is 3.08. The molecule has 0 aliphatic heterocycles. The van der Waals surface area contributed by atoms with Gasteiger partial charge < -0.3 is 15.2 Å². The van der Waals surface area contributed by atoms with Gasteiger partial charge in [0.2, 0.25) is 5.91 Å². The number of methoxy groups -OCH3 is 2. The summed E-state index contributed by atoms with van der Waals surface area (Å²) in [5.41, 5.74) is 8.84. The van der Waals surface area contributed by atoms with Crippen LogP contribution in [-0.4, -0.2) is 39.7 Å². The van der Waals surface area contributed by atoms with Gasteiger partial charge in [0, 0.05) is 36.0 Å². The van der Waals surface area contributed by atoms with Crippen LogP contribution in [0.25, 0.3) is 16.9 Å². The summed E-state index contributed by atoms with van der Waals surface area (Å²) in [6, 6.07) is 12.6. The molecule has 4 aromatic rings. The van der Waals surface area contributed by atoms with Crippen molar-refractivity contribution in [2.24, 2.45) is 5.73 Å². The van der Waals surface area contributed by atoms with Crippen molar-refractivity contribution < 1.29 is 14.3 Å². The molecule has 0 aliphatic rings. The van der Waals surface area contributed by atoms with Crippen LogP contribution >= 0.6 is 0 Å². The van der Waals surface area contributed by atoms with Crippen LogP contribution in [0.5, 0.6) is 11.5 Å². The lowest BCUT2D eigenvalue weighted by molar-refractivity contribution is 0.100. The summed E-state index contributed by atoms with van der Waals surface area (Å²) in [5.74, 6) is 1.59. The molecule has 0 radical (unpaired) electrons. The lowest BCUT2D eigenvalue weighted by Gasteiger charge is -2.07. The summed E-state index contributed by atoms with van der Waals surface area (Å²) in [5, 5.41) is 4.56. The zero-order chi connectivity index (χ0) is 20.4. The number of rotatable bonds is 6. The fourth-order valence-electron chi connectivity index (χ4n) is 3.08. The second-order valence-corrected chi connectivity index (χ2v) is 6.41. The highest BCUT2D eigenvalue weighted by molar-refractivity contribution is 5.93. The summed E-state index contributed by atoms with van der Waals surface area (Å²) in [6.07, 6.45) is 3.92. The van der Waals surface area contributed by atoms with Gasteiger partial charge in [-0.05, 0) is 29.8 Å². The molecule has 29 heavy (non-hydrogen) atoms. The number of hydrogen-bond acceptors (Lipinski definition) is 6. The van der Waals surface area contributed by atoms with Crippen molar-refractivity contribution in [3.8, 4) is 22.8 Å². The highest BCUT2D eigenvalue weighted by atomic mass is 16.5. The van der Waals surface area contributed by atoms with E-state index < -0.39 is 5.91 Å². The molecule has 1 amide bonds. The average molecular weight is 389 g/mol. The summed E-state index contributed by atoms with van der Waals surface area (Å²) < 4.78 is 12.3. The van der Waals surface area contributed by atoms with Crippen molar-refractivity contribution in [1.82, 2.24) is 19.6 Å². The number of carbonyl (C=O) groups excluding carboxylic acids is 1. The smallest absolute Gasteiger partial charge is 0.248 e. The van der Waals surface area contributed by atoms with Crippen molar-refractivity contribution in [2.45, 2.75) is 6.42 Å². The second-order valence-electron chi connectivity index (χ2n) is 6.41. The Morgan fingerprint density at radius 2 is 1.76 bits per heavy atom. The van der Waals surface area contributed by atoms with Crippen LogP contribution in [0.2, 0.25) is 0 Å². The number of carbonyl (C=O) groups is 1. The van der Waals surface area contributed by atoms with Crippen LogP contribution in [0.15, 0.2) is 54.9 Å². The third-order valence-corrected chi connectivity index (χ3v) is 4.51. The predicted octanol–water partition coefficient (Wildman–Crippen LogP) is 2.50. The fraction of sp³-hybridized carbons (Fsp3) is 0.143. The van der Waals surface area contributed by atoms with Gasteiger partial charge in [0.25, 0.3) is 0 Å². The first-order valence-corrected chi connectivity index (χ1v) is 8.90. The molecule has 0 fully saturated rings. The van der Waals surface area contributed by atoms with Gasteiger partial charge in [-0.25, -0.2) is 9.50 Å². The Labute approximate surface area is 166 Å². The first-order chi connectivity index (χ1) is 14.1. The summed E-state index contributed by atoms with van der Waals surface area (Å²) >= 11 is 0. The second kappa shape index (κ2) is 7.59. The molecule has 4 rings (SSSR count). The molecule has 0 unspecified atom stereocenters. The number of primary amides is 1. The van der Waals surface area contributed by atoms with Crippen molar-refractivity contribution in [1.29, 1.82) is 0 Å². The van der Waals surface area contributed by atoms with E-state index >= 15 is 0 Å². The summed E-state index contributed by atoms with van der Waals surface area (Å²) in [6.45, 7) is 0. The van der Waals surface area contributed by atoms with Gasteiger partial charge >= 0.3 is 0 Å². The first kappa shape index (κ1) is 18.4. The normalized spacial score (nSPS) is 10.8. The summed E-state index contributed by atoms with van der Waals surface area (Å²) in [7, 11) is 3.23. The topological polar surface area (TPSA) is 105 Å². The maximum atomic E-state index is 11.3. The Morgan fingerprint density at radius 3 is 2.38 bits per heavy atom. The number of benzene rings is 2. The van der Waals surface area contributed by atoms with E-state index in [4.69, 9.17) is 15.2 Å². The van der Waals surface area contributed by atoms with Crippen LogP contribution in [-0.2, 0) is 6.42 Å². The van der Waals surface area contributed by atoms with Crippen molar-refractivity contribution in [2.75, 3.05) is 14.2 Å². The van der Waals surface area contributed by atoms with E-state index in [1.54, 1.807) is 55.4 Å². The van der Waals surface area contributed by atoms with Crippen LogP contribution in [0.1, 0.15) is 21.7 Å². The average Bonchev–Trinajstić information content (AvgIpc) is 3.15. The van der Waals surface area contributed by atoms with Gasteiger partial charge in [-0.3, -0.25) is 9.78 Å². The van der Waals surface area contributed by atoms with Gasteiger partial charge in [-0.2, -0.15) is 5.10 Å². The largest absolute Gasteiger partial charge is 0.497 e. The molecular weight excluding hydrogens is 370 g/mol. The van der Waals surface area contributed by atoms with E-state index in [-0.39, 0.29) is 0 Å². The SMILES string of the molecule is COc1cc(Cc2nc3c(-c4ccc(C(N)=O)cc4)nccn3n2)cc(OC)c1. The number of nitrogens with zero attached hydrogens (tertiary/aromatic N) is 4. The van der Waals surface area contributed by atoms with E-state index in [0.29, 0.717) is 40.6 Å². The van der Waals surface area contributed by atoms with Crippen molar-refractivity contribution in [3.05, 3.63) is 71.8 Å². The molecule has 2 N–H and O–H groups in total. The van der Waals surface area contributed by atoms with E-state index in [9.17, 15) is 4.79 Å². The third kappa shape index (κ3) is 3.73. The molecule has 2 aromatic heterocycles. The number of nitrogens with two attached hydrogens (primary N) is 1. The summed E-state index contributed by atoms with van der Waals surface area (Å²) in [4.78, 5) is 20.4. The van der Waals surface area contributed by atoms with E-state index in [1.165, 1.54) is 0 Å². The Morgan fingerprint density at radius 1 is 1.07 bits per heavy atom. The Balaban J connectivity index is 1.70. The molecule has 2 aromatic carbocycles. The van der Waals surface area contributed by atoms with Crippen LogP contribution < -0.4 is 15.2 Å². The predicted molar refractivity (Wildman–Crippen MR) is 107 cm³/mol. The molecule has 0 bridgehead atoms. The minimum Gasteiger partial charge on any atom is -0.497 e. The van der Waals surface area contributed by atoms with E-state index in [1.807, 2.05) is 18.2 Å². The standard InChI is InChI=1S/C21H19N5O3/c1-28-16-9-13(10-17(12-16)29-2)11-18-24-21-19(23-7-8-26(21)25-18)14-3-5-15(6-4-14)20(22)27/h3-10,12H,11H2,1-2H3,(H2,22,27). The number of amides is 1. The highest BCUT2D eigenvalue weighted by Crippen LogP contribution is 2.25. The quantitative estimate of drug-likeness (QED) is 0.543. The van der Waals surface area contributed by atoms with Crippen molar-refractivity contribution in [3.63, 3.8) is 0 Å². The lowest BCUT2D eigenvalue weighted by Crippen LogP contribution is -2.10. The van der Waals surface area contributed by atoms with Gasteiger partial charge in [-0.1, -0.05) is 12.1 Å². The Bertz CT molecular complexity index is 1160. The lowest BCUT2D eigenvalue weighted by atomic mass is 10.1. The van der Waals surface area contributed by atoms with Crippen molar-refractivity contribution >= 4 is 11.6 Å². The Hall–Kier alpha value is -3.94. The van der Waals surface area contributed by atoms with E-state index in [2.05, 4.69) is 15.1 Å². The molecule has 8 nitrogen and oxygen atoms in total. The van der Waals surface area contributed by atoms with E-state index in [0.717, 1.165) is 11.1 Å². The van der Waals surface area contributed by atoms with Gasteiger partial charge in [0.1, 0.15) is 17.2 Å². The molecule has 0 saturated carbocycles. The molecule has 8 heteroatoms. The molecular formula is C21H19N5O3. The van der Waals surface area contributed by atoms with Crippen LogP contribution in [0.3, 0.4) is 0 Å². The molecule has 0 atom stereocenters. The van der Waals surface area contributed by atoms with Crippen LogP contribution in [0.4, 0.5) is 0 Å². The minimum absolute atomic E-state index is 0.440. The number of ether oxygens (including phenoxy) is 2. The van der Waals surface area contributed by atoms with Crippen LogP contribution in [0, 0.1) is 0 Å². The number of hydrogen-bond donors (Lipinski definition) is 1. The molecule has 146 valence electrons. The molecule has 0 saturated heterocycles. The monoisotopic (exact) mass is 389 g/mol. The number of fused-ring (bicyclic) bond motifs is 1.